The van der Waals surface area contributed by atoms with E-state index >= 15 is 4.79 Å². The topological polar surface area (TPSA) is 555 Å². The van der Waals surface area contributed by atoms with E-state index in [-0.39, 0.29) is 25.2 Å². The average molecular weight is 1440 g/mol. The monoisotopic (exact) mass is 1440 g/mol. The number of fused-ring (bicyclic) bond motifs is 7. The summed E-state index contributed by atoms with van der Waals surface area (Å²) >= 11 is 0. The van der Waals surface area contributed by atoms with Crippen LogP contribution >= 0.6 is 0 Å². The number of hydrogen-bond donors (Lipinski definition) is 19. The Labute approximate surface area is 574 Å². The number of aliphatic hydroxyl groups is 17. The van der Waals surface area contributed by atoms with Crippen LogP contribution in [0.4, 0.5) is 0 Å². The summed E-state index contributed by atoms with van der Waals surface area (Å²) < 4.78 is 71.0. The molecule has 0 spiro atoms. The molecule has 0 aromatic carbocycles. The molecular formula is C65H101NO34. The van der Waals surface area contributed by atoms with Crippen LogP contribution in [0, 0.1) is 50.2 Å². The number of hydrogen-bond acceptors (Lipinski definition) is 33. The third-order valence-corrected chi connectivity index (χ3v) is 25.0. The molecule has 35 heteroatoms. The predicted molar refractivity (Wildman–Crippen MR) is 325 cm³/mol. The first-order valence-electron chi connectivity index (χ1n) is 34.3. The van der Waals surface area contributed by atoms with Gasteiger partial charge < -0.3 is 159 Å². The number of aliphatic hydroxyl groups excluding tert-OH is 17. The Morgan fingerprint density at radius 1 is 0.560 bits per heavy atom. The number of rotatable bonds is 19. The second kappa shape index (κ2) is 29.5. The van der Waals surface area contributed by atoms with Gasteiger partial charge in [0.05, 0.1) is 56.7 Å². The van der Waals surface area contributed by atoms with Crippen molar-refractivity contribution in [1.82, 2.24) is 5.32 Å². The molecule has 11 aliphatic rings. The van der Waals surface area contributed by atoms with Crippen molar-refractivity contribution >= 4 is 24.1 Å². The molecule has 5 aliphatic carbocycles. The average Bonchev–Trinajstić information content (AvgIpc) is 0.710. The molecule has 19 N–H and O–H groups in total. The quantitative estimate of drug-likeness (QED) is 0.0247. The molecule has 6 heterocycles. The van der Waals surface area contributed by atoms with Gasteiger partial charge in [0.15, 0.2) is 43.7 Å². The molecular weight excluding hydrogens is 1340 g/mol. The normalized spacial score (nSPS) is 52.4. The van der Waals surface area contributed by atoms with Gasteiger partial charge in [-0.15, -0.1) is 0 Å². The van der Waals surface area contributed by atoms with Crippen LogP contribution < -0.4 is 5.32 Å². The molecule has 100 heavy (non-hydrogen) atoms. The number of carbonyl (C=O) groups is 4. The van der Waals surface area contributed by atoms with Crippen LogP contribution in [0.3, 0.4) is 0 Å². The fraction of sp³-hybridized carbons (Fsp3) is 0.908. The van der Waals surface area contributed by atoms with Gasteiger partial charge in [0.2, 0.25) is 12.2 Å². The van der Waals surface area contributed by atoms with Crippen LogP contribution in [0.2, 0.25) is 0 Å². The van der Waals surface area contributed by atoms with E-state index in [0.29, 0.717) is 38.5 Å². The first-order valence-corrected chi connectivity index (χ1v) is 34.3. The molecule has 35 nitrogen and oxygen atoms in total. The molecule has 11 rings (SSSR count). The number of ether oxygens (including phenoxy) is 12. The SMILES string of the molecule is CC1(C)CC[C@]2(C(=O)O[C@@H]3O[C@H](CO)[C@H](NC(=O)CO[C@@H]4O[C@@H](CO)C(O)C4O)C(O)C3O[C@@H]3OC[C@@H](O)C(O)C3O)C(O)C[C@]3(C)C(=CCC4C5(C)CC[C@H](O[C@@H]6OC(C(=O)O)[C@@H](O)[C@H](O[C@@H]7OC[C@@H](O)[C@H](O)C7O)C6O[C@@H]6OC(CO)[C@H](O)[C@H](O)C6O)[C@](C)(C=O)[C@@H]5CC[C@@]43C)C2C1. The molecule has 0 bridgehead atoms. The Balaban J connectivity index is 0.869. The maximum Gasteiger partial charge on any atom is 0.335 e. The summed E-state index contributed by atoms with van der Waals surface area (Å²) in [6.45, 7) is 7.52. The van der Waals surface area contributed by atoms with Crippen molar-refractivity contribution in [2.45, 2.75) is 277 Å². The van der Waals surface area contributed by atoms with Crippen LogP contribution in [0.15, 0.2) is 11.6 Å². The van der Waals surface area contributed by atoms with Crippen molar-refractivity contribution in [2.24, 2.45) is 50.2 Å². The van der Waals surface area contributed by atoms with Gasteiger partial charge in [0, 0.05) is 0 Å². The summed E-state index contributed by atoms with van der Waals surface area (Å²) in [5, 5.41) is 198. The Morgan fingerprint density at radius 3 is 1.72 bits per heavy atom. The first-order chi connectivity index (χ1) is 47.0. The Morgan fingerprint density at radius 2 is 1.12 bits per heavy atom. The lowest BCUT2D eigenvalue weighted by Gasteiger charge is -2.71. The zero-order valence-electron chi connectivity index (χ0n) is 56.3. The van der Waals surface area contributed by atoms with Crippen molar-refractivity contribution in [1.29, 1.82) is 0 Å². The van der Waals surface area contributed by atoms with E-state index in [2.05, 4.69) is 32.2 Å². The lowest BCUT2D eigenvalue weighted by Crippen LogP contribution is -2.70. The number of amides is 1. The number of carbonyl (C=O) groups excluding carboxylic acids is 3. The Bertz CT molecular complexity index is 2930. The number of allylic oxidation sites excluding steroid dienone is 2. The summed E-state index contributed by atoms with van der Waals surface area (Å²) in [6.07, 6.45) is -45.2. The lowest BCUT2D eigenvalue weighted by atomic mass is 9.33. The van der Waals surface area contributed by atoms with Gasteiger partial charge in [-0.2, -0.15) is 0 Å². The van der Waals surface area contributed by atoms with Crippen molar-refractivity contribution in [3.8, 4) is 0 Å². The fourth-order valence-corrected chi connectivity index (χ4v) is 18.9. The summed E-state index contributed by atoms with van der Waals surface area (Å²) in [5.41, 5.74) is -5.04. The molecule has 0 aromatic heterocycles. The maximum atomic E-state index is 15.8. The van der Waals surface area contributed by atoms with E-state index in [1.165, 1.54) is 0 Å². The highest BCUT2D eigenvalue weighted by Crippen LogP contribution is 2.76. The number of aldehydes is 1. The Hall–Kier alpha value is -3.30. The van der Waals surface area contributed by atoms with Gasteiger partial charge in [-0.05, 0) is 97.2 Å². The van der Waals surface area contributed by atoms with E-state index in [1.807, 2.05) is 13.8 Å². The largest absolute Gasteiger partial charge is 0.479 e. The zero-order chi connectivity index (χ0) is 73.0. The summed E-state index contributed by atoms with van der Waals surface area (Å²) in [5.74, 6) is -5.21. The van der Waals surface area contributed by atoms with Crippen LogP contribution in [-0.2, 0) is 76.0 Å². The van der Waals surface area contributed by atoms with E-state index < -0.39 is 280 Å². The highest BCUT2D eigenvalue weighted by Gasteiger charge is 2.73. The molecule has 37 atom stereocenters. The predicted octanol–water partition coefficient (Wildman–Crippen LogP) is -7.11. The lowest BCUT2D eigenvalue weighted by molar-refractivity contribution is -0.391. The molecule has 0 aromatic rings. The standard InChI is InChI=1S/C65H101NO34/c1-60(2)13-14-65(59(88)100-57-50(98-55-44(82)38(76)27(72)21-90-55)41(79)36(28(17-67)92-57)66-35(74)22-91-53-45(83)40(78)30(19-69)93-53)25(15-60)24-7-8-32-61(3)11-10-34(62(4,23-70)31(61)9-12-63(32,5)64(24,6)16-33(65)73)95-58-51(99-56-46(84)42(80)39(77)29(18-68)94-56)48(47(85)49(97-58)52(86)87)96-54-43(81)37(75)26(71)20-89-54/h7,23,25-34,36-51,53-58,67-69,71-73,75-85H,8-22H2,1-6H3,(H,66,74)(H,86,87)/t25?,26-,27-,28-,29?,30+,31-,32?,33?,34+,36+,37+,38?,39+,40?,41?,42+,43?,44?,45?,46?,47+,48+,49?,50?,51?,53-,54+,55+,56+,57+,58-,61?,62-,63+,64-,65-/m1/s1. The molecule has 6 saturated heterocycles. The molecule has 10 fully saturated rings. The number of esters is 1. The second-order valence-corrected chi connectivity index (χ2v) is 31.1. The molecule has 570 valence electrons. The summed E-state index contributed by atoms with van der Waals surface area (Å²) in [6, 6.07) is -1.62. The van der Waals surface area contributed by atoms with Gasteiger partial charge >= 0.3 is 11.9 Å². The van der Waals surface area contributed by atoms with Crippen molar-refractivity contribution in [3.05, 3.63) is 11.6 Å². The van der Waals surface area contributed by atoms with Crippen LogP contribution in [0.1, 0.15) is 99.3 Å². The van der Waals surface area contributed by atoms with Crippen molar-refractivity contribution in [3.63, 3.8) is 0 Å². The minimum absolute atomic E-state index is 0.000822. The molecule has 1 amide bonds. The van der Waals surface area contributed by atoms with Gasteiger partial charge in [0.25, 0.3) is 0 Å². The third-order valence-electron chi connectivity index (χ3n) is 25.0. The van der Waals surface area contributed by atoms with Gasteiger partial charge in [0.1, 0.15) is 128 Å². The van der Waals surface area contributed by atoms with Gasteiger partial charge in [-0.1, -0.05) is 53.2 Å². The van der Waals surface area contributed by atoms with Crippen LogP contribution in [0.5, 0.6) is 0 Å². The van der Waals surface area contributed by atoms with Gasteiger partial charge in [-0.3, -0.25) is 9.59 Å². The van der Waals surface area contributed by atoms with Crippen molar-refractivity contribution < 1.29 is 168 Å². The Kier molecular flexibility index (Phi) is 22.9. The number of carboxylic acids is 1. The second-order valence-electron chi connectivity index (χ2n) is 31.1. The number of nitrogens with one attached hydrogen (secondary N) is 1. The zero-order valence-corrected chi connectivity index (χ0v) is 56.3. The molecule has 6 aliphatic heterocycles. The van der Waals surface area contributed by atoms with Crippen molar-refractivity contribution in [2.75, 3.05) is 39.6 Å². The molecule has 15 unspecified atom stereocenters. The minimum Gasteiger partial charge on any atom is -0.479 e. The summed E-state index contributed by atoms with van der Waals surface area (Å²) in [7, 11) is 0. The van der Waals surface area contributed by atoms with Gasteiger partial charge in [-0.25, -0.2) is 4.79 Å². The number of aliphatic carboxylic acids is 1. The summed E-state index contributed by atoms with van der Waals surface area (Å²) in [4.78, 5) is 56.5. The van der Waals surface area contributed by atoms with Crippen LogP contribution in [0.25, 0.3) is 0 Å². The van der Waals surface area contributed by atoms with E-state index in [4.69, 9.17) is 56.8 Å². The van der Waals surface area contributed by atoms with E-state index in [0.717, 1.165) is 11.9 Å². The fourth-order valence-electron chi connectivity index (χ4n) is 18.9. The number of carboxylic acid groups (broad SMARTS) is 1. The van der Waals surface area contributed by atoms with Crippen LogP contribution in [-0.4, -0.2) is 334 Å². The first kappa shape index (κ1) is 77.8. The van der Waals surface area contributed by atoms with E-state index in [1.54, 1.807) is 6.92 Å². The van der Waals surface area contributed by atoms with E-state index in [9.17, 15) is 106 Å². The molecule has 4 saturated carbocycles. The third kappa shape index (κ3) is 13.3. The maximum absolute atomic E-state index is 15.8. The highest BCUT2D eigenvalue weighted by atomic mass is 16.8. The molecule has 0 radical (unpaired) electrons. The smallest absolute Gasteiger partial charge is 0.335 e. The highest BCUT2D eigenvalue weighted by molar-refractivity contribution is 5.80. The minimum atomic E-state index is -2.23.